The normalized spacial score (nSPS) is 15.2. The molecule has 1 saturated heterocycles. The van der Waals surface area contributed by atoms with E-state index < -0.39 is 0 Å². The van der Waals surface area contributed by atoms with Gasteiger partial charge in [0.15, 0.2) is 11.6 Å². The summed E-state index contributed by atoms with van der Waals surface area (Å²) in [4.78, 5) is 28.9. The van der Waals surface area contributed by atoms with Crippen LogP contribution in [0.15, 0.2) is 47.1 Å². The SMILES string of the molecule is Cc1ccccc1CN1CCCN(C(=O)c2sc3nc(-c4ccco4)nc(C)c3c2C)CC1. The molecule has 170 valence electrons. The maximum atomic E-state index is 13.5. The maximum absolute atomic E-state index is 13.5. The second kappa shape index (κ2) is 9.08. The van der Waals surface area contributed by atoms with Crippen molar-refractivity contribution in [3.8, 4) is 11.6 Å². The zero-order valence-electron chi connectivity index (χ0n) is 19.3. The Kier molecular flexibility index (Phi) is 6.00. The number of thiophene rings is 1. The van der Waals surface area contributed by atoms with E-state index in [1.165, 1.54) is 22.5 Å². The van der Waals surface area contributed by atoms with Gasteiger partial charge in [-0.2, -0.15) is 0 Å². The lowest BCUT2D eigenvalue weighted by molar-refractivity contribution is 0.0765. The summed E-state index contributed by atoms with van der Waals surface area (Å²) in [5.74, 6) is 1.30. The lowest BCUT2D eigenvalue weighted by atomic mass is 10.1. The fraction of sp³-hybridized carbons (Fsp3) is 0.346. The quantitative estimate of drug-likeness (QED) is 0.418. The molecule has 1 fully saturated rings. The van der Waals surface area contributed by atoms with Crippen LogP contribution in [0.5, 0.6) is 0 Å². The molecule has 1 aliphatic rings. The molecule has 6 nitrogen and oxygen atoms in total. The highest BCUT2D eigenvalue weighted by Gasteiger charge is 2.26. The number of fused-ring (bicyclic) bond motifs is 1. The number of carbonyl (C=O) groups is 1. The van der Waals surface area contributed by atoms with Crippen LogP contribution < -0.4 is 0 Å². The second-order valence-electron chi connectivity index (χ2n) is 8.69. The van der Waals surface area contributed by atoms with Gasteiger partial charge >= 0.3 is 0 Å². The minimum atomic E-state index is 0.104. The molecule has 1 aromatic carbocycles. The molecule has 1 aliphatic heterocycles. The molecule has 4 heterocycles. The Labute approximate surface area is 197 Å². The monoisotopic (exact) mass is 460 g/mol. The molecule has 0 bridgehead atoms. The molecule has 0 saturated carbocycles. The lowest BCUT2D eigenvalue weighted by Crippen LogP contribution is -2.35. The number of amides is 1. The molecule has 1 amide bonds. The second-order valence-corrected chi connectivity index (χ2v) is 9.69. The predicted molar refractivity (Wildman–Crippen MR) is 132 cm³/mol. The minimum absolute atomic E-state index is 0.104. The Balaban J connectivity index is 1.36. The Morgan fingerprint density at radius 2 is 1.88 bits per heavy atom. The van der Waals surface area contributed by atoms with E-state index >= 15 is 0 Å². The van der Waals surface area contributed by atoms with Crippen LogP contribution in [0.2, 0.25) is 0 Å². The molecule has 0 aliphatic carbocycles. The van der Waals surface area contributed by atoms with E-state index in [0.717, 1.165) is 65.5 Å². The third-order valence-electron chi connectivity index (χ3n) is 6.44. The largest absolute Gasteiger partial charge is 0.461 e. The molecule has 0 spiro atoms. The maximum Gasteiger partial charge on any atom is 0.264 e. The Morgan fingerprint density at radius 3 is 2.67 bits per heavy atom. The molecule has 3 aromatic heterocycles. The van der Waals surface area contributed by atoms with Crippen molar-refractivity contribution < 1.29 is 9.21 Å². The molecule has 0 radical (unpaired) electrons. The van der Waals surface area contributed by atoms with Gasteiger partial charge in [-0.05, 0) is 56.0 Å². The zero-order chi connectivity index (χ0) is 22.9. The highest BCUT2D eigenvalue weighted by atomic mass is 32.1. The number of aryl methyl sites for hydroxylation is 3. The van der Waals surface area contributed by atoms with E-state index in [0.29, 0.717) is 11.6 Å². The zero-order valence-corrected chi connectivity index (χ0v) is 20.1. The first-order valence-corrected chi connectivity index (χ1v) is 12.2. The minimum Gasteiger partial charge on any atom is -0.461 e. The first kappa shape index (κ1) is 21.8. The van der Waals surface area contributed by atoms with Crippen LogP contribution in [0.3, 0.4) is 0 Å². The standard InChI is InChI=1S/C26H28N4O2S/c1-17-8-4-5-9-20(17)16-29-11-7-12-30(14-13-29)26(31)23-18(2)22-19(3)27-24(28-25(22)33-23)21-10-6-15-32-21/h4-6,8-10,15H,7,11-14,16H2,1-3H3. The van der Waals surface area contributed by atoms with Crippen LogP contribution >= 0.6 is 11.3 Å². The number of rotatable bonds is 4. The summed E-state index contributed by atoms with van der Waals surface area (Å²) >= 11 is 1.47. The average Bonchev–Trinajstić information content (AvgIpc) is 3.39. The molecular formula is C26H28N4O2S. The summed E-state index contributed by atoms with van der Waals surface area (Å²) in [6.07, 6.45) is 2.59. The van der Waals surface area contributed by atoms with Gasteiger partial charge in [-0.25, -0.2) is 9.97 Å². The van der Waals surface area contributed by atoms with Crippen molar-refractivity contribution in [1.29, 1.82) is 0 Å². The third kappa shape index (κ3) is 4.30. The van der Waals surface area contributed by atoms with Crippen molar-refractivity contribution in [2.45, 2.75) is 33.7 Å². The molecular weight excluding hydrogens is 432 g/mol. The first-order valence-electron chi connectivity index (χ1n) is 11.4. The Hall–Kier alpha value is -3.03. The lowest BCUT2D eigenvalue weighted by Gasteiger charge is -2.22. The van der Waals surface area contributed by atoms with Gasteiger partial charge in [0.1, 0.15) is 4.83 Å². The smallest absolute Gasteiger partial charge is 0.264 e. The van der Waals surface area contributed by atoms with Gasteiger partial charge in [0.05, 0.1) is 16.8 Å². The topological polar surface area (TPSA) is 62.5 Å². The summed E-state index contributed by atoms with van der Waals surface area (Å²) in [6.45, 7) is 10.5. The van der Waals surface area contributed by atoms with Gasteiger partial charge in [0, 0.05) is 38.1 Å². The van der Waals surface area contributed by atoms with E-state index in [-0.39, 0.29) is 5.91 Å². The molecule has 7 heteroatoms. The van der Waals surface area contributed by atoms with Gasteiger partial charge in [0.2, 0.25) is 0 Å². The molecule has 0 atom stereocenters. The summed E-state index contributed by atoms with van der Waals surface area (Å²) < 4.78 is 5.48. The van der Waals surface area contributed by atoms with Gasteiger partial charge in [-0.15, -0.1) is 11.3 Å². The van der Waals surface area contributed by atoms with Crippen LogP contribution in [-0.4, -0.2) is 51.9 Å². The summed E-state index contributed by atoms with van der Waals surface area (Å²) in [6, 6.07) is 12.2. The van der Waals surface area contributed by atoms with Gasteiger partial charge in [-0.1, -0.05) is 24.3 Å². The number of benzene rings is 1. The van der Waals surface area contributed by atoms with E-state index in [1.54, 1.807) is 6.26 Å². The van der Waals surface area contributed by atoms with E-state index in [1.807, 2.05) is 30.9 Å². The number of carbonyl (C=O) groups excluding carboxylic acids is 1. The van der Waals surface area contributed by atoms with Crippen LogP contribution in [0, 0.1) is 20.8 Å². The number of hydrogen-bond donors (Lipinski definition) is 0. The number of aromatic nitrogens is 2. The highest BCUT2D eigenvalue weighted by Crippen LogP contribution is 2.34. The van der Waals surface area contributed by atoms with Gasteiger partial charge in [0.25, 0.3) is 5.91 Å². The van der Waals surface area contributed by atoms with Crippen molar-refractivity contribution in [3.05, 3.63) is 69.9 Å². The van der Waals surface area contributed by atoms with Crippen molar-refractivity contribution in [2.24, 2.45) is 0 Å². The number of nitrogens with zero attached hydrogens (tertiary/aromatic N) is 4. The number of hydrogen-bond acceptors (Lipinski definition) is 6. The van der Waals surface area contributed by atoms with Crippen LogP contribution in [0.4, 0.5) is 0 Å². The number of furan rings is 1. The van der Waals surface area contributed by atoms with Crippen LogP contribution in [0.1, 0.15) is 38.5 Å². The van der Waals surface area contributed by atoms with E-state index in [4.69, 9.17) is 9.40 Å². The van der Waals surface area contributed by atoms with Crippen molar-refractivity contribution >= 4 is 27.5 Å². The van der Waals surface area contributed by atoms with Gasteiger partial charge in [-0.3, -0.25) is 9.69 Å². The van der Waals surface area contributed by atoms with E-state index in [9.17, 15) is 4.79 Å². The third-order valence-corrected chi connectivity index (χ3v) is 7.61. The van der Waals surface area contributed by atoms with Crippen molar-refractivity contribution in [2.75, 3.05) is 26.2 Å². The Morgan fingerprint density at radius 1 is 1.03 bits per heavy atom. The van der Waals surface area contributed by atoms with Crippen molar-refractivity contribution in [3.63, 3.8) is 0 Å². The Bertz CT molecular complexity index is 1300. The molecule has 0 unspecified atom stereocenters. The highest BCUT2D eigenvalue weighted by molar-refractivity contribution is 7.20. The molecule has 5 rings (SSSR count). The van der Waals surface area contributed by atoms with Crippen molar-refractivity contribution in [1.82, 2.24) is 19.8 Å². The predicted octanol–water partition coefficient (Wildman–Crippen LogP) is 5.22. The van der Waals surface area contributed by atoms with Crippen LogP contribution in [0.25, 0.3) is 21.8 Å². The molecule has 33 heavy (non-hydrogen) atoms. The van der Waals surface area contributed by atoms with Crippen LogP contribution in [-0.2, 0) is 6.54 Å². The summed E-state index contributed by atoms with van der Waals surface area (Å²) in [5, 5.41) is 0.981. The summed E-state index contributed by atoms with van der Waals surface area (Å²) in [5.41, 5.74) is 4.53. The fourth-order valence-electron chi connectivity index (χ4n) is 4.56. The fourth-order valence-corrected chi connectivity index (χ4v) is 5.76. The average molecular weight is 461 g/mol. The first-order chi connectivity index (χ1) is 16.0. The van der Waals surface area contributed by atoms with Gasteiger partial charge < -0.3 is 9.32 Å². The summed E-state index contributed by atoms with van der Waals surface area (Å²) in [7, 11) is 0. The molecule has 0 N–H and O–H groups in total. The molecule has 4 aromatic rings. The van der Waals surface area contributed by atoms with E-state index in [2.05, 4.69) is 41.1 Å².